The van der Waals surface area contributed by atoms with Crippen molar-refractivity contribution in [3.05, 3.63) is 30.1 Å². The van der Waals surface area contributed by atoms with Gasteiger partial charge in [0, 0.05) is 19.3 Å². The van der Waals surface area contributed by atoms with Crippen molar-refractivity contribution in [1.29, 1.82) is 0 Å². The number of pyridine rings is 1. The Morgan fingerprint density at radius 1 is 1.38 bits per heavy atom. The van der Waals surface area contributed by atoms with Crippen molar-refractivity contribution in [3.8, 4) is 0 Å². The quantitative estimate of drug-likeness (QED) is 0.721. The highest BCUT2D eigenvalue weighted by molar-refractivity contribution is 5.07. The summed E-state index contributed by atoms with van der Waals surface area (Å²) in [7, 11) is 0. The average molecular weight is 187 g/mol. The Balaban J connectivity index is 2.29. The standard InChI is InChI=1S/C9H11F2NO/c1-9(10,11)7-13-6-8-2-4-12-5-3-8/h2-5H,6-7H2,1H3. The molecule has 1 aromatic heterocycles. The van der Waals surface area contributed by atoms with Crippen LogP contribution in [-0.2, 0) is 11.3 Å². The maximum Gasteiger partial charge on any atom is 0.268 e. The highest BCUT2D eigenvalue weighted by Crippen LogP contribution is 2.12. The van der Waals surface area contributed by atoms with Crippen molar-refractivity contribution < 1.29 is 13.5 Å². The predicted molar refractivity (Wildman–Crippen MR) is 44.5 cm³/mol. The van der Waals surface area contributed by atoms with Crippen molar-refractivity contribution in [2.45, 2.75) is 19.5 Å². The largest absolute Gasteiger partial charge is 0.371 e. The first-order valence-corrected chi connectivity index (χ1v) is 3.92. The third-order valence-electron chi connectivity index (χ3n) is 1.37. The van der Waals surface area contributed by atoms with Gasteiger partial charge in [0.15, 0.2) is 0 Å². The molecule has 0 saturated carbocycles. The highest BCUT2D eigenvalue weighted by atomic mass is 19.3. The van der Waals surface area contributed by atoms with Gasteiger partial charge in [0.2, 0.25) is 0 Å². The van der Waals surface area contributed by atoms with E-state index in [2.05, 4.69) is 4.98 Å². The summed E-state index contributed by atoms with van der Waals surface area (Å²) in [6, 6.07) is 3.46. The molecule has 0 atom stereocenters. The molecule has 72 valence electrons. The fourth-order valence-corrected chi connectivity index (χ4v) is 0.827. The number of ether oxygens (including phenoxy) is 1. The Bertz CT molecular complexity index is 246. The Hall–Kier alpha value is -1.03. The van der Waals surface area contributed by atoms with Gasteiger partial charge in [-0.05, 0) is 17.7 Å². The first-order chi connectivity index (χ1) is 6.08. The van der Waals surface area contributed by atoms with E-state index in [1.807, 2.05) is 0 Å². The van der Waals surface area contributed by atoms with Gasteiger partial charge in [0.1, 0.15) is 6.61 Å². The average Bonchev–Trinajstić information content (AvgIpc) is 2.04. The number of rotatable bonds is 4. The van der Waals surface area contributed by atoms with Gasteiger partial charge in [-0.25, -0.2) is 8.78 Å². The minimum Gasteiger partial charge on any atom is -0.371 e. The minimum absolute atomic E-state index is 0.200. The fraction of sp³-hybridized carbons (Fsp3) is 0.444. The van der Waals surface area contributed by atoms with Crippen LogP contribution >= 0.6 is 0 Å². The van der Waals surface area contributed by atoms with Gasteiger partial charge >= 0.3 is 0 Å². The lowest BCUT2D eigenvalue weighted by Crippen LogP contribution is -2.18. The van der Waals surface area contributed by atoms with E-state index < -0.39 is 12.5 Å². The van der Waals surface area contributed by atoms with Gasteiger partial charge in [-0.15, -0.1) is 0 Å². The molecule has 0 amide bonds. The molecule has 0 spiro atoms. The molecular formula is C9H11F2NO. The van der Waals surface area contributed by atoms with Crippen LogP contribution < -0.4 is 0 Å². The zero-order valence-corrected chi connectivity index (χ0v) is 7.34. The van der Waals surface area contributed by atoms with E-state index in [-0.39, 0.29) is 6.61 Å². The number of nitrogens with zero attached hydrogens (tertiary/aromatic N) is 1. The molecule has 0 aromatic carbocycles. The van der Waals surface area contributed by atoms with Crippen LogP contribution in [0.15, 0.2) is 24.5 Å². The lowest BCUT2D eigenvalue weighted by molar-refractivity contribution is -0.0673. The van der Waals surface area contributed by atoms with E-state index in [4.69, 9.17) is 4.74 Å². The van der Waals surface area contributed by atoms with Gasteiger partial charge in [0.25, 0.3) is 5.92 Å². The second-order valence-corrected chi connectivity index (χ2v) is 2.92. The SMILES string of the molecule is CC(F)(F)COCc1ccncc1. The third-order valence-corrected chi connectivity index (χ3v) is 1.37. The molecule has 0 saturated heterocycles. The number of hydrogen-bond donors (Lipinski definition) is 0. The molecule has 0 radical (unpaired) electrons. The number of halogens is 2. The van der Waals surface area contributed by atoms with E-state index in [0.717, 1.165) is 12.5 Å². The van der Waals surface area contributed by atoms with E-state index in [9.17, 15) is 8.78 Å². The van der Waals surface area contributed by atoms with Crippen LogP contribution in [0.25, 0.3) is 0 Å². The summed E-state index contributed by atoms with van der Waals surface area (Å²) in [5, 5.41) is 0. The lowest BCUT2D eigenvalue weighted by Gasteiger charge is -2.10. The van der Waals surface area contributed by atoms with Crippen LogP contribution in [-0.4, -0.2) is 17.5 Å². The molecule has 4 heteroatoms. The van der Waals surface area contributed by atoms with Crippen LogP contribution in [0.2, 0.25) is 0 Å². The smallest absolute Gasteiger partial charge is 0.268 e. The summed E-state index contributed by atoms with van der Waals surface area (Å²) in [5.74, 6) is -2.76. The molecule has 0 bridgehead atoms. The molecule has 1 aromatic rings. The van der Waals surface area contributed by atoms with E-state index in [0.29, 0.717) is 0 Å². The molecule has 1 rings (SSSR count). The summed E-state index contributed by atoms with van der Waals surface area (Å²) in [6.07, 6.45) is 3.20. The summed E-state index contributed by atoms with van der Waals surface area (Å²) in [6.45, 7) is 0.487. The van der Waals surface area contributed by atoms with Gasteiger partial charge in [-0.2, -0.15) is 0 Å². The Morgan fingerprint density at radius 2 is 2.00 bits per heavy atom. The molecule has 0 aliphatic rings. The van der Waals surface area contributed by atoms with E-state index in [1.165, 1.54) is 0 Å². The Labute approximate surface area is 75.6 Å². The summed E-state index contributed by atoms with van der Waals surface area (Å²) in [4.78, 5) is 3.80. The van der Waals surface area contributed by atoms with E-state index >= 15 is 0 Å². The van der Waals surface area contributed by atoms with Crippen molar-refractivity contribution in [3.63, 3.8) is 0 Å². The fourth-order valence-electron chi connectivity index (χ4n) is 0.827. The van der Waals surface area contributed by atoms with Crippen LogP contribution in [0, 0.1) is 0 Å². The van der Waals surface area contributed by atoms with Crippen molar-refractivity contribution in [2.24, 2.45) is 0 Å². The maximum atomic E-state index is 12.3. The van der Waals surface area contributed by atoms with Crippen LogP contribution in [0.5, 0.6) is 0 Å². The normalized spacial score (nSPS) is 11.6. The second-order valence-electron chi connectivity index (χ2n) is 2.92. The first-order valence-electron chi connectivity index (χ1n) is 3.92. The monoisotopic (exact) mass is 187 g/mol. The van der Waals surface area contributed by atoms with E-state index in [1.54, 1.807) is 24.5 Å². The van der Waals surface area contributed by atoms with Crippen LogP contribution in [0.3, 0.4) is 0 Å². The Morgan fingerprint density at radius 3 is 2.54 bits per heavy atom. The summed E-state index contributed by atoms with van der Waals surface area (Å²) >= 11 is 0. The van der Waals surface area contributed by atoms with Crippen molar-refractivity contribution in [2.75, 3.05) is 6.61 Å². The molecule has 0 unspecified atom stereocenters. The zero-order valence-electron chi connectivity index (χ0n) is 7.34. The molecule has 0 aliphatic heterocycles. The number of hydrogen-bond acceptors (Lipinski definition) is 2. The molecule has 2 nitrogen and oxygen atoms in total. The van der Waals surface area contributed by atoms with Crippen LogP contribution in [0.4, 0.5) is 8.78 Å². The van der Waals surface area contributed by atoms with Crippen molar-refractivity contribution in [1.82, 2.24) is 4.98 Å². The molecule has 0 N–H and O–H groups in total. The van der Waals surface area contributed by atoms with Crippen molar-refractivity contribution >= 4 is 0 Å². The highest BCUT2D eigenvalue weighted by Gasteiger charge is 2.20. The minimum atomic E-state index is -2.76. The van der Waals surface area contributed by atoms with Gasteiger partial charge in [-0.3, -0.25) is 4.98 Å². The Kier molecular flexibility index (Phi) is 3.31. The zero-order chi connectivity index (χ0) is 9.73. The number of aromatic nitrogens is 1. The van der Waals surface area contributed by atoms with Gasteiger partial charge in [0.05, 0.1) is 6.61 Å². The number of alkyl halides is 2. The third kappa shape index (κ3) is 4.52. The molecule has 1 heterocycles. The summed E-state index contributed by atoms with van der Waals surface area (Å²) < 4.78 is 29.4. The molecular weight excluding hydrogens is 176 g/mol. The van der Waals surface area contributed by atoms with Gasteiger partial charge in [-0.1, -0.05) is 0 Å². The molecule has 0 aliphatic carbocycles. The molecule has 13 heavy (non-hydrogen) atoms. The predicted octanol–water partition coefficient (Wildman–Crippen LogP) is 2.25. The summed E-state index contributed by atoms with van der Waals surface area (Å²) in [5.41, 5.74) is 0.847. The first kappa shape index (κ1) is 10.1. The lowest BCUT2D eigenvalue weighted by atomic mass is 10.3. The van der Waals surface area contributed by atoms with Crippen LogP contribution in [0.1, 0.15) is 12.5 Å². The maximum absolute atomic E-state index is 12.3. The molecule has 0 fully saturated rings. The topological polar surface area (TPSA) is 22.1 Å². The second kappa shape index (κ2) is 4.28. The van der Waals surface area contributed by atoms with Gasteiger partial charge < -0.3 is 4.74 Å².